The summed E-state index contributed by atoms with van der Waals surface area (Å²) in [5, 5.41) is 0. The van der Waals surface area contributed by atoms with Crippen molar-refractivity contribution >= 4 is 23.8 Å². The number of amides is 1. The van der Waals surface area contributed by atoms with E-state index in [0.717, 1.165) is 4.42 Å². The topological polar surface area (TPSA) is 55.8 Å². The summed E-state index contributed by atoms with van der Waals surface area (Å²) < 4.78 is 10.8. The number of carbonyl (C=O) groups is 2. The van der Waals surface area contributed by atoms with Gasteiger partial charge in [0, 0.05) is 17.9 Å². The Labute approximate surface area is 99.1 Å². The van der Waals surface area contributed by atoms with Crippen LogP contribution in [-0.2, 0) is 14.3 Å². The summed E-state index contributed by atoms with van der Waals surface area (Å²) in [5.74, 6) is -0.459. The van der Waals surface area contributed by atoms with Crippen LogP contribution in [0.2, 0.25) is 0 Å². The Morgan fingerprint density at radius 3 is 2.88 bits per heavy atom. The monoisotopic (exact) mass is 247 g/mol. The lowest BCUT2D eigenvalue weighted by molar-refractivity contribution is -0.140. The predicted octanol–water partition coefficient (Wildman–Crippen LogP) is 1.86. The number of cyclic esters (lactones) is 1. The van der Waals surface area contributed by atoms with E-state index in [1.54, 1.807) is 13.0 Å². The molecule has 0 aliphatic carbocycles. The minimum Gasteiger partial charge on any atom is -0.460 e. The Hall–Kier alpha value is -1.23. The summed E-state index contributed by atoms with van der Waals surface area (Å²) in [6.07, 6.45) is 2.83. The molecule has 16 heavy (non-hydrogen) atoms. The molecular formula is C10H14ClNO4. The van der Waals surface area contributed by atoms with E-state index in [4.69, 9.17) is 21.3 Å². The maximum atomic E-state index is 11.1. The fourth-order valence-corrected chi connectivity index (χ4v) is 1.60. The van der Waals surface area contributed by atoms with Gasteiger partial charge in [-0.05, 0) is 13.3 Å². The van der Waals surface area contributed by atoms with Gasteiger partial charge in [0.25, 0.3) is 0 Å². The second-order valence-corrected chi connectivity index (χ2v) is 3.86. The van der Waals surface area contributed by atoms with Crippen molar-refractivity contribution in [1.29, 1.82) is 0 Å². The standard InChI is InChI=1S/C10H14ClNO4/c1-3-5-8(13)15-6-10(4-2)7-16-9(14)12(10)11/h3,5H,4,6-7H2,1-2H3. The summed E-state index contributed by atoms with van der Waals surface area (Å²) in [5.41, 5.74) is -0.754. The smallest absolute Gasteiger partial charge is 0.425 e. The minimum atomic E-state index is -0.754. The first-order chi connectivity index (χ1) is 7.55. The van der Waals surface area contributed by atoms with E-state index in [2.05, 4.69) is 0 Å². The first-order valence-electron chi connectivity index (χ1n) is 4.98. The van der Waals surface area contributed by atoms with Crippen LogP contribution in [0.25, 0.3) is 0 Å². The first kappa shape index (κ1) is 12.8. The number of allylic oxidation sites excluding steroid dienone is 1. The number of hydrogen-bond donors (Lipinski definition) is 0. The van der Waals surface area contributed by atoms with Crippen molar-refractivity contribution in [2.75, 3.05) is 13.2 Å². The molecule has 5 nitrogen and oxygen atoms in total. The van der Waals surface area contributed by atoms with Crippen molar-refractivity contribution in [2.24, 2.45) is 0 Å². The average molecular weight is 248 g/mol. The SMILES string of the molecule is CC=CC(=O)OCC1(CC)COC(=O)N1Cl. The summed E-state index contributed by atoms with van der Waals surface area (Å²) in [6, 6.07) is 0. The number of carbonyl (C=O) groups excluding carboxylic acids is 2. The maximum Gasteiger partial charge on any atom is 0.425 e. The van der Waals surface area contributed by atoms with E-state index >= 15 is 0 Å². The highest BCUT2D eigenvalue weighted by atomic mass is 35.5. The number of nitrogens with zero attached hydrogens (tertiary/aromatic N) is 1. The van der Waals surface area contributed by atoms with Crippen LogP contribution in [0.15, 0.2) is 12.2 Å². The largest absolute Gasteiger partial charge is 0.460 e. The van der Waals surface area contributed by atoms with Crippen molar-refractivity contribution in [3.63, 3.8) is 0 Å². The lowest BCUT2D eigenvalue weighted by Crippen LogP contribution is -2.46. The van der Waals surface area contributed by atoms with Crippen molar-refractivity contribution in [1.82, 2.24) is 4.42 Å². The van der Waals surface area contributed by atoms with Gasteiger partial charge in [-0.25, -0.2) is 14.0 Å². The fraction of sp³-hybridized carbons (Fsp3) is 0.600. The maximum absolute atomic E-state index is 11.1. The minimum absolute atomic E-state index is 0.0297. The number of ether oxygens (including phenoxy) is 2. The number of esters is 1. The molecule has 0 saturated carbocycles. The van der Waals surface area contributed by atoms with Crippen LogP contribution in [-0.4, -0.2) is 35.2 Å². The van der Waals surface area contributed by atoms with Gasteiger partial charge in [-0.3, -0.25) is 0 Å². The van der Waals surface area contributed by atoms with Crippen LogP contribution >= 0.6 is 11.8 Å². The molecule has 1 atom stereocenters. The van der Waals surface area contributed by atoms with E-state index < -0.39 is 17.6 Å². The zero-order valence-corrected chi connectivity index (χ0v) is 9.99. The molecule has 1 rings (SSSR count). The van der Waals surface area contributed by atoms with E-state index in [0.29, 0.717) is 6.42 Å². The molecule has 0 aromatic carbocycles. The Morgan fingerprint density at radius 1 is 1.75 bits per heavy atom. The molecule has 90 valence electrons. The van der Waals surface area contributed by atoms with Gasteiger partial charge in [-0.2, -0.15) is 0 Å². The van der Waals surface area contributed by atoms with E-state index in [1.807, 2.05) is 6.92 Å². The van der Waals surface area contributed by atoms with Crippen LogP contribution in [0.3, 0.4) is 0 Å². The number of halogens is 1. The van der Waals surface area contributed by atoms with Gasteiger partial charge in [0.05, 0.1) is 0 Å². The van der Waals surface area contributed by atoms with Gasteiger partial charge in [0.1, 0.15) is 18.8 Å². The van der Waals surface area contributed by atoms with E-state index in [-0.39, 0.29) is 13.2 Å². The Bertz CT molecular complexity index is 318. The van der Waals surface area contributed by atoms with Crippen molar-refractivity contribution in [3.05, 3.63) is 12.2 Å². The number of hydrogen-bond acceptors (Lipinski definition) is 4. The molecule has 0 aromatic heterocycles. The van der Waals surface area contributed by atoms with Gasteiger partial charge in [0.2, 0.25) is 0 Å². The van der Waals surface area contributed by atoms with Gasteiger partial charge in [-0.1, -0.05) is 13.0 Å². The predicted molar refractivity (Wildman–Crippen MR) is 57.8 cm³/mol. The van der Waals surface area contributed by atoms with Gasteiger partial charge in [-0.15, -0.1) is 0 Å². The van der Waals surface area contributed by atoms with Gasteiger partial charge < -0.3 is 9.47 Å². The molecular weight excluding hydrogens is 234 g/mol. The first-order valence-corrected chi connectivity index (χ1v) is 5.32. The molecule has 0 radical (unpaired) electrons. The lowest BCUT2D eigenvalue weighted by Gasteiger charge is -2.28. The van der Waals surface area contributed by atoms with Gasteiger partial charge in [0.15, 0.2) is 0 Å². The molecule has 1 aliphatic heterocycles. The molecule has 1 amide bonds. The highest BCUT2D eigenvalue weighted by Gasteiger charge is 2.47. The summed E-state index contributed by atoms with van der Waals surface area (Å²) in [4.78, 5) is 22.3. The molecule has 1 heterocycles. The lowest BCUT2D eigenvalue weighted by atomic mass is 10.00. The molecule has 1 unspecified atom stereocenters. The zero-order valence-electron chi connectivity index (χ0n) is 9.23. The van der Waals surface area contributed by atoms with Crippen molar-refractivity contribution < 1.29 is 19.1 Å². The Morgan fingerprint density at radius 2 is 2.44 bits per heavy atom. The Kier molecular flexibility index (Phi) is 4.18. The third-order valence-electron chi connectivity index (χ3n) is 2.49. The third kappa shape index (κ3) is 2.47. The summed E-state index contributed by atoms with van der Waals surface area (Å²) >= 11 is 5.80. The van der Waals surface area contributed by atoms with Crippen LogP contribution in [0.4, 0.5) is 4.79 Å². The second kappa shape index (κ2) is 5.21. The molecule has 1 aliphatic rings. The number of rotatable bonds is 4. The van der Waals surface area contributed by atoms with Crippen LogP contribution < -0.4 is 0 Å². The highest BCUT2D eigenvalue weighted by molar-refractivity contribution is 6.21. The molecule has 1 fully saturated rings. The molecule has 0 aromatic rings. The van der Waals surface area contributed by atoms with E-state index in [1.165, 1.54) is 6.08 Å². The molecule has 6 heteroatoms. The normalized spacial score (nSPS) is 24.9. The Balaban J connectivity index is 2.62. The fourth-order valence-electron chi connectivity index (χ4n) is 1.33. The van der Waals surface area contributed by atoms with E-state index in [9.17, 15) is 9.59 Å². The quantitative estimate of drug-likeness (QED) is 0.432. The van der Waals surface area contributed by atoms with Crippen molar-refractivity contribution in [3.8, 4) is 0 Å². The average Bonchev–Trinajstić information content (AvgIpc) is 2.55. The van der Waals surface area contributed by atoms with Crippen LogP contribution in [0, 0.1) is 0 Å². The molecule has 1 saturated heterocycles. The summed E-state index contributed by atoms with van der Waals surface area (Å²) in [6.45, 7) is 3.73. The molecule has 0 bridgehead atoms. The zero-order chi connectivity index (χ0) is 12.2. The third-order valence-corrected chi connectivity index (χ3v) is 2.98. The van der Waals surface area contributed by atoms with Crippen molar-refractivity contribution in [2.45, 2.75) is 25.8 Å². The highest BCUT2D eigenvalue weighted by Crippen LogP contribution is 2.30. The molecule has 0 spiro atoms. The summed E-state index contributed by atoms with van der Waals surface area (Å²) in [7, 11) is 0. The van der Waals surface area contributed by atoms with Crippen LogP contribution in [0.1, 0.15) is 20.3 Å². The van der Waals surface area contributed by atoms with Crippen LogP contribution in [0.5, 0.6) is 0 Å². The second-order valence-electron chi connectivity index (χ2n) is 3.52. The molecule has 0 N–H and O–H groups in total. The van der Waals surface area contributed by atoms with Gasteiger partial charge >= 0.3 is 12.1 Å².